The maximum atomic E-state index is 14.0. The molecule has 1 aromatic rings. The van der Waals surface area contributed by atoms with Gasteiger partial charge in [-0.1, -0.05) is 18.9 Å². The van der Waals surface area contributed by atoms with Gasteiger partial charge >= 0.3 is 0 Å². The molecule has 2 fully saturated rings. The van der Waals surface area contributed by atoms with E-state index in [9.17, 15) is 9.50 Å². The van der Waals surface area contributed by atoms with Crippen LogP contribution in [0.15, 0.2) is 18.2 Å². The molecular weight excluding hydrogens is 269 g/mol. The van der Waals surface area contributed by atoms with E-state index in [0.717, 1.165) is 38.8 Å². The standard InChI is InChI=1S/C17H24FNO2/c1-21-15-6-5-13(16(18)10-15)11-19-9-8-17(20)7-3-2-4-14(17)12-19/h5-6,10,14,20H,2-4,7-9,11-12H2,1H3. The number of likely N-dealkylation sites (tertiary alicyclic amines) is 1. The first-order valence-electron chi connectivity index (χ1n) is 7.88. The van der Waals surface area contributed by atoms with Crippen molar-refractivity contribution in [3.8, 4) is 5.75 Å². The summed E-state index contributed by atoms with van der Waals surface area (Å²) in [5.41, 5.74) is 0.241. The number of fused-ring (bicyclic) bond motifs is 1. The van der Waals surface area contributed by atoms with Gasteiger partial charge in [0, 0.05) is 37.2 Å². The summed E-state index contributed by atoms with van der Waals surface area (Å²) >= 11 is 0. The first-order valence-corrected chi connectivity index (χ1v) is 7.88. The zero-order chi connectivity index (χ0) is 14.9. The Balaban J connectivity index is 1.66. The van der Waals surface area contributed by atoms with Crippen molar-refractivity contribution in [3.05, 3.63) is 29.6 Å². The summed E-state index contributed by atoms with van der Waals surface area (Å²) in [4.78, 5) is 2.27. The summed E-state index contributed by atoms with van der Waals surface area (Å²) in [5, 5.41) is 10.7. The minimum absolute atomic E-state index is 0.209. The second-order valence-corrected chi connectivity index (χ2v) is 6.49. The van der Waals surface area contributed by atoms with Crippen LogP contribution in [-0.4, -0.2) is 35.8 Å². The van der Waals surface area contributed by atoms with E-state index in [1.165, 1.54) is 12.5 Å². The molecule has 0 spiro atoms. The number of nitrogens with zero attached hydrogens (tertiary/aromatic N) is 1. The average molecular weight is 293 g/mol. The summed E-state index contributed by atoms with van der Waals surface area (Å²) in [6.07, 6.45) is 5.19. The monoisotopic (exact) mass is 293 g/mol. The van der Waals surface area contributed by atoms with E-state index in [4.69, 9.17) is 4.74 Å². The third-order valence-electron chi connectivity index (χ3n) is 5.17. The average Bonchev–Trinajstić information content (AvgIpc) is 2.49. The highest BCUT2D eigenvalue weighted by Crippen LogP contribution is 2.40. The Morgan fingerprint density at radius 1 is 1.38 bits per heavy atom. The molecule has 4 heteroatoms. The van der Waals surface area contributed by atoms with Crippen molar-refractivity contribution < 1.29 is 14.2 Å². The Bertz CT molecular complexity index is 508. The summed E-state index contributed by atoms with van der Waals surface area (Å²) in [7, 11) is 1.54. The molecule has 1 saturated carbocycles. The maximum absolute atomic E-state index is 14.0. The first-order chi connectivity index (χ1) is 10.1. The van der Waals surface area contributed by atoms with Crippen LogP contribution in [-0.2, 0) is 6.54 Å². The highest BCUT2D eigenvalue weighted by Gasteiger charge is 2.42. The number of hydrogen-bond donors (Lipinski definition) is 1. The Morgan fingerprint density at radius 2 is 2.24 bits per heavy atom. The largest absolute Gasteiger partial charge is 0.497 e. The van der Waals surface area contributed by atoms with Crippen molar-refractivity contribution >= 4 is 0 Å². The topological polar surface area (TPSA) is 32.7 Å². The molecule has 0 bridgehead atoms. The fourth-order valence-corrected chi connectivity index (χ4v) is 3.81. The number of aliphatic hydroxyl groups is 1. The third kappa shape index (κ3) is 3.06. The van der Waals surface area contributed by atoms with E-state index in [1.807, 2.05) is 0 Å². The van der Waals surface area contributed by atoms with E-state index >= 15 is 0 Å². The fourth-order valence-electron chi connectivity index (χ4n) is 3.81. The zero-order valence-corrected chi connectivity index (χ0v) is 12.6. The van der Waals surface area contributed by atoms with Gasteiger partial charge in [0.2, 0.25) is 0 Å². The fraction of sp³-hybridized carbons (Fsp3) is 0.647. The van der Waals surface area contributed by atoms with Gasteiger partial charge < -0.3 is 9.84 Å². The first kappa shape index (κ1) is 14.8. The van der Waals surface area contributed by atoms with Crippen LogP contribution in [0.4, 0.5) is 4.39 Å². The molecule has 1 aromatic carbocycles. The van der Waals surface area contributed by atoms with Gasteiger partial charge in [0.05, 0.1) is 12.7 Å². The zero-order valence-electron chi connectivity index (χ0n) is 12.6. The molecule has 1 aliphatic heterocycles. The van der Waals surface area contributed by atoms with Crippen LogP contribution in [0.3, 0.4) is 0 Å². The minimum Gasteiger partial charge on any atom is -0.497 e. The van der Waals surface area contributed by atoms with Crippen LogP contribution in [0.25, 0.3) is 0 Å². The van der Waals surface area contributed by atoms with Gasteiger partial charge in [0.15, 0.2) is 0 Å². The highest BCUT2D eigenvalue weighted by molar-refractivity contribution is 5.28. The molecule has 2 unspecified atom stereocenters. The van der Waals surface area contributed by atoms with Crippen LogP contribution >= 0.6 is 0 Å². The van der Waals surface area contributed by atoms with Crippen molar-refractivity contribution in [1.29, 1.82) is 0 Å². The van der Waals surface area contributed by atoms with Crippen LogP contribution < -0.4 is 4.74 Å². The molecule has 3 nitrogen and oxygen atoms in total. The van der Waals surface area contributed by atoms with Gasteiger partial charge in [0.25, 0.3) is 0 Å². The predicted molar refractivity (Wildman–Crippen MR) is 79.8 cm³/mol. The van der Waals surface area contributed by atoms with E-state index in [2.05, 4.69) is 4.90 Å². The lowest BCUT2D eigenvalue weighted by Gasteiger charge is -2.47. The van der Waals surface area contributed by atoms with E-state index < -0.39 is 5.60 Å². The van der Waals surface area contributed by atoms with Gasteiger partial charge in [-0.05, 0) is 25.3 Å². The van der Waals surface area contributed by atoms with Gasteiger partial charge in [-0.2, -0.15) is 0 Å². The van der Waals surface area contributed by atoms with E-state index in [1.54, 1.807) is 19.2 Å². The summed E-state index contributed by atoms with van der Waals surface area (Å²) in [6.45, 7) is 2.34. The molecule has 116 valence electrons. The van der Waals surface area contributed by atoms with Crippen LogP contribution in [0.5, 0.6) is 5.75 Å². The second kappa shape index (κ2) is 5.93. The van der Waals surface area contributed by atoms with Crippen LogP contribution in [0, 0.1) is 11.7 Å². The van der Waals surface area contributed by atoms with Crippen molar-refractivity contribution in [2.45, 2.75) is 44.2 Å². The third-order valence-corrected chi connectivity index (χ3v) is 5.17. The minimum atomic E-state index is -0.465. The van der Waals surface area contributed by atoms with Crippen molar-refractivity contribution in [2.75, 3.05) is 20.2 Å². The quantitative estimate of drug-likeness (QED) is 0.930. The number of rotatable bonds is 3. The van der Waals surface area contributed by atoms with Crippen molar-refractivity contribution in [1.82, 2.24) is 4.90 Å². The van der Waals surface area contributed by atoms with Gasteiger partial charge in [-0.25, -0.2) is 4.39 Å². The molecule has 1 saturated heterocycles. The lowest BCUT2D eigenvalue weighted by atomic mass is 9.71. The number of benzene rings is 1. The molecule has 3 rings (SSSR count). The predicted octanol–water partition coefficient (Wildman–Crippen LogP) is 2.96. The van der Waals surface area contributed by atoms with Crippen molar-refractivity contribution in [3.63, 3.8) is 0 Å². The molecule has 0 aromatic heterocycles. The maximum Gasteiger partial charge on any atom is 0.131 e. The van der Waals surface area contributed by atoms with Gasteiger partial charge in [-0.15, -0.1) is 0 Å². The van der Waals surface area contributed by atoms with Crippen LogP contribution in [0.2, 0.25) is 0 Å². The molecule has 2 aliphatic rings. The summed E-state index contributed by atoms with van der Waals surface area (Å²) in [6, 6.07) is 5.05. The number of halogens is 1. The molecule has 21 heavy (non-hydrogen) atoms. The summed E-state index contributed by atoms with van der Waals surface area (Å²) in [5.74, 6) is 0.691. The Morgan fingerprint density at radius 3 is 3.00 bits per heavy atom. The second-order valence-electron chi connectivity index (χ2n) is 6.49. The number of hydrogen-bond acceptors (Lipinski definition) is 3. The molecule has 1 heterocycles. The molecule has 2 atom stereocenters. The molecular formula is C17H24FNO2. The van der Waals surface area contributed by atoms with E-state index in [-0.39, 0.29) is 5.82 Å². The molecule has 0 amide bonds. The normalized spacial score (nSPS) is 30.0. The molecule has 1 aliphatic carbocycles. The Hall–Kier alpha value is -1.13. The number of piperidine rings is 1. The SMILES string of the molecule is COc1ccc(CN2CCC3(O)CCCCC3C2)c(F)c1. The molecule has 0 radical (unpaired) electrons. The molecule has 1 N–H and O–H groups in total. The Labute approximate surface area is 125 Å². The summed E-state index contributed by atoms with van der Waals surface area (Å²) < 4.78 is 19.1. The van der Waals surface area contributed by atoms with Gasteiger partial charge in [-0.3, -0.25) is 4.90 Å². The lowest BCUT2D eigenvalue weighted by molar-refractivity contribution is -0.0968. The number of methoxy groups -OCH3 is 1. The van der Waals surface area contributed by atoms with Crippen LogP contribution in [0.1, 0.15) is 37.7 Å². The lowest BCUT2D eigenvalue weighted by Crippen LogP contribution is -2.53. The number of ether oxygens (including phenoxy) is 1. The van der Waals surface area contributed by atoms with Gasteiger partial charge in [0.1, 0.15) is 11.6 Å². The van der Waals surface area contributed by atoms with Crippen molar-refractivity contribution in [2.24, 2.45) is 5.92 Å². The van der Waals surface area contributed by atoms with E-state index in [0.29, 0.717) is 23.8 Å². The Kier molecular flexibility index (Phi) is 4.18. The highest BCUT2D eigenvalue weighted by atomic mass is 19.1. The smallest absolute Gasteiger partial charge is 0.131 e.